The molecule has 4 aromatic rings. The van der Waals surface area contributed by atoms with Crippen LogP contribution in [-0.2, 0) is 32.2 Å². The van der Waals surface area contributed by atoms with Crippen LogP contribution in [0.25, 0.3) is 33.7 Å². The zero-order chi connectivity index (χ0) is 45.6. The van der Waals surface area contributed by atoms with E-state index in [-0.39, 0.29) is 61.7 Å². The van der Waals surface area contributed by atoms with E-state index in [1.54, 1.807) is 78.4 Å². The predicted octanol–water partition coefficient (Wildman–Crippen LogP) is 7.31. The van der Waals surface area contributed by atoms with Gasteiger partial charge >= 0.3 is 12.2 Å². The Bertz CT molecular complexity index is 2160. The van der Waals surface area contributed by atoms with Gasteiger partial charge in [-0.15, -0.1) is 0 Å². The van der Waals surface area contributed by atoms with E-state index in [1.807, 2.05) is 0 Å². The number of nitrogens with one attached hydrogen (secondary N) is 2. The number of carbonyl (C=O) groups excluding carboxylic acids is 4. The van der Waals surface area contributed by atoms with E-state index in [0.29, 0.717) is 11.0 Å². The van der Waals surface area contributed by atoms with Gasteiger partial charge in [-0.3, -0.25) is 9.59 Å². The Morgan fingerprint density at radius 2 is 1.02 bits per heavy atom. The summed E-state index contributed by atoms with van der Waals surface area (Å²) in [6, 6.07) is 4.35. The van der Waals surface area contributed by atoms with Crippen LogP contribution < -0.4 is 10.6 Å². The SMILES string of the molecule is CC(C)[C@@H](NC(=O)OC(C)(C)C)C(=O)N1CC(F)C[C@H]1Cn1c(-c2nc3cc(F)ccc3n2C[C@@H]2CC(F)CN2C(=O)[C@H](NC(=O)OC(C)(C)C)C(C)C)nc2cc(F)ccc21. The predicted molar refractivity (Wildman–Crippen MR) is 224 cm³/mol. The number of imidazole rings is 2. The number of hydrogen-bond acceptors (Lipinski definition) is 8. The number of benzene rings is 2. The van der Waals surface area contributed by atoms with Crippen LogP contribution in [-0.4, -0.2) is 114 Å². The highest BCUT2D eigenvalue weighted by Gasteiger charge is 2.43. The first-order valence-corrected chi connectivity index (χ1v) is 21.1. The molecule has 2 aliphatic rings. The molecule has 0 saturated carbocycles. The van der Waals surface area contributed by atoms with Gasteiger partial charge in [0.2, 0.25) is 11.8 Å². The zero-order valence-electron chi connectivity index (χ0n) is 37.0. The third-order valence-electron chi connectivity index (χ3n) is 10.9. The maximum absolute atomic E-state index is 15.5. The molecule has 338 valence electrons. The summed E-state index contributed by atoms with van der Waals surface area (Å²) in [5.41, 5.74) is -0.351. The minimum Gasteiger partial charge on any atom is -0.444 e. The number of amides is 4. The van der Waals surface area contributed by atoms with Crippen LogP contribution in [0.2, 0.25) is 0 Å². The number of likely N-dealkylation sites (tertiary alicyclic amines) is 2. The standard InChI is InChI=1S/C44H58F4N8O6/c1-23(2)35(51-41(59)61-43(5,6)7)39(57)53-19-27(47)15-29(53)21-55-33-13-11-25(45)17-31(33)49-37(55)38-50-32-18-26(46)12-14-34(32)56(38)22-30-16-28(48)20-54(30)40(58)36(24(3)4)52-42(60)62-44(8,9)10/h11-14,17-18,23-24,27-30,35-36H,15-16,19-22H2,1-10H3,(H,51,59)(H,52,60)/t27?,28?,29-,30-,35+,36+/m0/s1. The first-order chi connectivity index (χ1) is 28.9. The molecule has 2 aliphatic heterocycles. The lowest BCUT2D eigenvalue weighted by molar-refractivity contribution is -0.136. The number of aromatic nitrogens is 4. The molecule has 2 unspecified atom stereocenters. The van der Waals surface area contributed by atoms with Crippen LogP contribution in [0.4, 0.5) is 27.2 Å². The van der Waals surface area contributed by atoms with Crippen molar-refractivity contribution in [3.63, 3.8) is 0 Å². The number of rotatable bonds is 11. The maximum atomic E-state index is 15.5. The van der Waals surface area contributed by atoms with Crippen LogP contribution in [0, 0.1) is 23.5 Å². The van der Waals surface area contributed by atoms with Gasteiger partial charge in [-0.25, -0.2) is 37.1 Å². The van der Waals surface area contributed by atoms with Crippen molar-refractivity contribution >= 4 is 46.1 Å². The Balaban J connectivity index is 1.39. The summed E-state index contributed by atoms with van der Waals surface area (Å²) in [6.45, 7) is 16.6. The molecule has 0 bridgehead atoms. The zero-order valence-corrected chi connectivity index (χ0v) is 37.0. The van der Waals surface area contributed by atoms with E-state index < -0.39 is 95.2 Å². The lowest BCUT2D eigenvalue weighted by Crippen LogP contribution is -2.54. The fourth-order valence-electron chi connectivity index (χ4n) is 8.20. The van der Waals surface area contributed by atoms with Crippen molar-refractivity contribution in [1.82, 2.24) is 39.5 Å². The topological polar surface area (TPSA) is 153 Å². The molecule has 2 saturated heterocycles. The van der Waals surface area contributed by atoms with Crippen LogP contribution >= 0.6 is 0 Å². The molecule has 4 amide bonds. The molecule has 62 heavy (non-hydrogen) atoms. The van der Waals surface area contributed by atoms with Gasteiger partial charge in [-0.1, -0.05) is 27.7 Å². The van der Waals surface area contributed by atoms with Crippen molar-refractivity contribution in [2.45, 2.75) is 143 Å². The average Bonchev–Trinajstić information content (AvgIpc) is 3.90. The van der Waals surface area contributed by atoms with E-state index in [2.05, 4.69) is 10.6 Å². The van der Waals surface area contributed by atoms with Crippen molar-refractivity contribution in [2.75, 3.05) is 13.1 Å². The van der Waals surface area contributed by atoms with Crippen molar-refractivity contribution in [2.24, 2.45) is 11.8 Å². The number of ether oxygens (including phenoxy) is 2. The van der Waals surface area contributed by atoms with Gasteiger partial charge in [0.05, 0.1) is 47.2 Å². The van der Waals surface area contributed by atoms with Gasteiger partial charge in [0, 0.05) is 38.1 Å². The first-order valence-electron chi connectivity index (χ1n) is 21.1. The smallest absolute Gasteiger partial charge is 0.408 e. The van der Waals surface area contributed by atoms with Gasteiger partial charge in [-0.2, -0.15) is 0 Å². The Kier molecular flexibility index (Phi) is 13.2. The van der Waals surface area contributed by atoms with E-state index in [1.165, 1.54) is 46.2 Å². The summed E-state index contributed by atoms with van der Waals surface area (Å²) < 4.78 is 74.8. The molecular formula is C44H58F4N8O6. The van der Waals surface area contributed by atoms with Crippen molar-refractivity contribution in [1.29, 1.82) is 0 Å². The van der Waals surface area contributed by atoms with Gasteiger partial charge in [-0.05, 0) is 77.6 Å². The molecule has 6 rings (SSSR count). The first kappa shape index (κ1) is 46.1. The summed E-state index contributed by atoms with van der Waals surface area (Å²) >= 11 is 0. The number of alkyl halides is 2. The number of nitrogens with zero attached hydrogens (tertiary/aromatic N) is 6. The van der Waals surface area contributed by atoms with Crippen LogP contribution in [0.3, 0.4) is 0 Å². The summed E-state index contributed by atoms with van der Waals surface area (Å²) in [5, 5.41) is 5.33. The van der Waals surface area contributed by atoms with E-state index in [9.17, 15) is 28.0 Å². The Morgan fingerprint density at radius 1 is 0.661 bits per heavy atom. The molecule has 18 heteroatoms. The Morgan fingerprint density at radius 3 is 1.34 bits per heavy atom. The number of hydrogen-bond donors (Lipinski definition) is 2. The number of fused-ring (bicyclic) bond motifs is 2. The Labute approximate surface area is 358 Å². The molecule has 0 spiro atoms. The monoisotopic (exact) mass is 870 g/mol. The Hall–Kier alpha value is -5.42. The average molecular weight is 871 g/mol. The fourth-order valence-corrected chi connectivity index (χ4v) is 8.20. The van der Waals surface area contributed by atoms with Crippen molar-refractivity contribution < 1.29 is 46.2 Å². The molecule has 0 aliphatic carbocycles. The minimum absolute atomic E-state index is 0.0363. The van der Waals surface area contributed by atoms with Crippen molar-refractivity contribution in [3.05, 3.63) is 48.0 Å². The molecule has 14 nitrogen and oxygen atoms in total. The van der Waals surface area contributed by atoms with Gasteiger partial charge in [0.1, 0.15) is 47.3 Å². The second-order valence-corrected chi connectivity index (χ2v) is 19.0. The van der Waals surface area contributed by atoms with Crippen LogP contribution in [0.1, 0.15) is 82.1 Å². The minimum atomic E-state index is -1.40. The normalized spacial score (nSPS) is 20.6. The van der Waals surface area contributed by atoms with E-state index >= 15 is 8.78 Å². The molecule has 6 atom stereocenters. The molecular weight excluding hydrogens is 813 g/mol. The maximum Gasteiger partial charge on any atom is 0.408 e. The van der Waals surface area contributed by atoms with E-state index in [0.717, 1.165) is 0 Å². The van der Waals surface area contributed by atoms with Crippen LogP contribution in [0.5, 0.6) is 0 Å². The third kappa shape index (κ3) is 10.4. The molecule has 0 radical (unpaired) electrons. The summed E-state index contributed by atoms with van der Waals surface area (Å²) in [4.78, 5) is 66.5. The number of alkyl carbamates (subject to hydrolysis) is 2. The molecule has 2 aromatic heterocycles. The molecule has 4 heterocycles. The van der Waals surface area contributed by atoms with E-state index in [4.69, 9.17) is 19.4 Å². The summed E-state index contributed by atoms with van der Waals surface area (Å²) in [7, 11) is 0. The summed E-state index contributed by atoms with van der Waals surface area (Å²) in [6.07, 6.45) is -4.51. The highest BCUT2D eigenvalue weighted by Crippen LogP contribution is 2.34. The van der Waals surface area contributed by atoms with Crippen LogP contribution in [0.15, 0.2) is 36.4 Å². The second kappa shape index (κ2) is 17.8. The fraction of sp³-hybridized carbons (Fsp3) is 0.591. The number of halogens is 4. The van der Waals surface area contributed by atoms with Crippen molar-refractivity contribution in [3.8, 4) is 11.6 Å². The lowest BCUT2D eigenvalue weighted by Gasteiger charge is -2.32. The third-order valence-corrected chi connectivity index (χ3v) is 10.9. The molecule has 2 aromatic carbocycles. The second-order valence-electron chi connectivity index (χ2n) is 19.0. The largest absolute Gasteiger partial charge is 0.444 e. The molecule has 2 N–H and O–H groups in total. The van der Waals surface area contributed by atoms with Gasteiger partial charge in [0.15, 0.2) is 11.6 Å². The number of carbonyl (C=O) groups is 4. The highest BCUT2D eigenvalue weighted by atomic mass is 19.1. The van der Waals surface area contributed by atoms with Gasteiger partial charge in [0.25, 0.3) is 0 Å². The summed E-state index contributed by atoms with van der Waals surface area (Å²) in [5.74, 6) is -2.62. The van der Waals surface area contributed by atoms with Gasteiger partial charge < -0.3 is 39.0 Å². The molecule has 2 fully saturated rings. The lowest BCUT2D eigenvalue weighted by atomic mass is 10.0. The quantitative estimate of drug-likeness (QED) is 0.149. The highest BCUT2D eigenvalue weighted by molar-refractivity contribution is 5.88.